The predicted molar refractivity (Wildman–Crippen MR) is 167 cm³/mol. The summed E-state index contributed by atoms with van der Waals surface area (Å²) in [6.07, 6.45) is 0. The van der Waals surface area contributed by atoms with Crippen LogP contribution in [0.2, 0.25) is 0 Å². The van der Waals surface area contributed by atoms with Gasteiger partial charge in [-0.05, 0) is 0 Å². The number of rotatable bonds is 0. The largest absolute Gasteiger partial charge is 2.00 e. The number of hydrogen-bond donors (Lipinski definition) is 0. The molecule has 0 aromatic heterocycles. The van der Waals surface area contributed by atoms with E-state index in [1.54, 1.807) is 83.1 Å². The molecule has 0 aromatic carbocycles. The molecule has 21 heteroatoms. The molecular weight excluding hydrogens is 721 g/mol. The first-order valence-electron chi connectivity index (χ1n) is 11.9. The molecule has 0 aliphatic heterocycles. The molecule has 0 rings (SSSR count). The van der Waals surface area contributed by atoms with Crippen LogP contribution in [-0.2, 0) is 0 Å². The topological polar surface area (TPSA) is 277 Å². The fourth-order valence-electron chi connectivity index (χ4n) is 0. The standard InChI is InChI=1S/12C2H5O.2ClH.7Mg/c12*1-2-3;;;;;;;;;/h12*2H2,1H3;2*1H;;;;;;;/q12*-1;;;7*+2/p-2. The SMILES string of the molecule is CC[O-].CC[O-].CC[O-].CC[O-].CC[O-].CC[O-].CC[O-].CC[O-].CC[O-].CC[O-].CC[O-].CC[O-].[Cl-].[Cl-].[Mg+2].[Mg+2].[Mg+2].[Mg+2].[Mg+2].[Mg+2].[Mg+2]. The van der Waals surface area contributed by atoms with Crippen molar-refractivity contribution in [1.29, 1.82) is 0 Å². The summed E-state index contributed by atoms with van der Waals surface area (Å²) >= 11 is 0. The smallest absolute Gasteiger partial charge is 1.00 e. The molecule has 0 heterocycles. The molecule has 12 nitrogen and oxygen atoms in total. The van der Waals surface area contributed by atoms with Crippen LogP contribution in [0.4, 0.5) is 0 Å². The molecule has 0 aliphatic rings. The van der Waals surface area contributed by atoms with E-state index in [9.17, 15) is 0 Å². The molecule has 0 saturated carbocycles. The van der Waals surface area contributed by atoms with Crippen molar-refractivity contribution in [2.24, 2.45) is 0 Å². The van der Waals surface area contributed by atoms with Crippen molar-refractivity contribution < 1.29 is 86.1 Å². The molecule has 0 radical (unpaired) electrons. The zero-order valence-electron chi connectivity index (χ0n) is 31.1. The quantitative estimate of drug-likeness (QED) is 0.207. The van der Waals surface area contributed by atoms with Crippen LogP contribution in [0.25, 0.3) is 0 Å². The van der Waals surface area contributed by atoms with Gasteiger partial charge in [0.05, 0.1) is 0 Å². The summed E-state index contributed by atoms with van der Waals surface area (Å²) in [5.41, 5.74) is 0. The maximum atomic E-state index is 8.93. The molecule has 256 valence electrons. The third-order valence-electron chi connectivity index (χ3n) is 0. The maximum absolute atomic E-state index is 8.93. The molecule has 0 atom stereocenters. The van der Waals surface area contributed by atoms with Crippen LogP contribution >= 0.6 is 0 Å². The molecule has 0 unspecified atom stereocenters. The van der Waals surface area contributed by atoms with Crippen LogP contribution in [0.1, 0.15) is 83.1 Å². The van der Waals surface area contributed by atoms with Gasteiger partial charge in [-0.2, -0.15) is 0 Å². The Labute approximate surface area is 404 Å². The Balaban J connectivity index is -0.00000000722. The van der Waals surface area contributed by atoms with Gasteiger partial charge in [-0.1, -0.05) is 83.1 Å². The van der Waals surface area contributed by atoms with E-state index in [2.05, 4.69) is 0 Å². The van der Waals surface area contributed by atoms with E-state index in [-0.39, 0.29) is 265 Å². The van der Waals surface area contributed by atoms with Gasteiger partial charge in [-0.3, -0.25) is 0 Å². The summed E-state index contributed by atoms with van der Waals surface area (Å²) in [6, 6.07) is 0. The third-order valence-corrected chi connectivity index (χ3v) is 0. The average molecular weight is 782 g/mol. The van der Waals surface area contributed by atoms with Crippen LogP contribution in [0.3, 0.4) is 0 Å². The van der Waals surface area contributed by atoms with Gasteiger partial charge < -0.3 is 86.1 Å². The number of halogens is 2. The summed E-state index contributed by atoms with van der Waals surface area (Å²) in [5, 5.41) is 107. The summed E-state index contributed by atoms with van der Waals surface area (Å²) in [4.78, 5) is 0. The Bertz CT molecular complexity index is 115. The van der Waals surface area contributed by atoms with E-state index < -0.39 is 0 Å². The van der Waals surface area contributed by atoms with Gasteiger partial charge in [0.25, 0.3) is 0 Å². The van der Waals surface area contributed by atoms with Crippen molar-refractivity contribution in [3.8, 4) is 0 Å². The summed E-state index contributed by atoms with van der Waals surface area (Å²) in [7, 11) is 0. The van der Waals surface area contributed by atoms with Crippen molar-refractivity contribution >= 4 is 161 Å². The first-order valence-corrected chi connectivity index (χ1v) is 11.9. The molecule has 0 aliphatic carbocycles. The van der Waals surface area contributed by atoms with Crippen LogP contribution in [0.5, 0.6) is 0 Å². The summed E-state index contributed by atoms with van der Waals surface area (Å²) in [5.74, 6) is 0. The molecular formula is C24H60Cl2Mg7O12. The second-order valence-electron chi connectivity index (χ2n) is 3.46. The molecule has 0 amide bonds. The van der Waals surface area contributed by atoms with E-state index in [1.807, 2.05) is 0 Å². The maximum Gasteiger partial charge on any atom is 2.00 e. The van der Waals surface area contributed by atoms with Crippen LogP contribution in [0, 0.1) is 0 Å². The van der Waals surface area contributed by atoms with Crippen molar-refractivity contribution in [3.63, 3.8) is 0 Å². The molecule has 0 bridgehead atoms. The Morgan fingerprint density at radius 2 is 0.178 bits per heavy atom. The second-order valence-corrected chi connectivity index (χ2v) is 3.46. The van der Waals surface area contributed by atoms with Crippen molar-refractivity contribution in [2.75, 3.05) is 79.3 Å². The average Bonchev–Trinajstić information content (AvgIpc) is 2.75. The molecule has 0 N–H and O–H groups in total. The van der Waals surface area contributed by atoms with Gasteiger partial charge in [0, 0.05) is 0 Å². The van der Waals surface area contributed by atoms with Gasteiger partial charge in [-0.25, -0.2) is 0 Å². The monoisotopic (exact) mass is 778 g/mol. The van der Waals surface area contributed by atoms with Crippen molar-refractivity contribution in [3.05, 3.63) is 0 Å². The van der Waals surface area contributed by atoms with Crippen LogP contribution in [0.15, 0.2) is 0 Å². The molecule has 0 aromatic rings. The zero-order valence-corrected chi connectivity index (χ0v) is 42.5. The van der Waals surface area contributed by atoms with E-state index >= 15 is 0 Å². The summed E-state index contributed by atoms with van der Waals surface area (Å²) in [6.45, 7) is 18.8. The minimum Gasteiger partial charge on any atom is -1.00 e. The van der Waals surface area contributed by atoms with Gasteiger partial charge in [0.15, 0.2) is 0 Å². The fourth-order valence-corrected chi connectivity index (χ4v) is 0. The summed E-state index contributed by atoms with van der Waals surface area (Å²) < 4.78 is 0. The Morgan fingerprint density at radius 3 is 0.178 bits per heavy atom. The van der Waals surface area contributed by atoms with Crippen molar-refractivity contribution in [2.45, 2.75) is 83.1 Å². The first kappa shape index (κ1) is 142. The Morgan fingerprint density at radius 1 is 0.178 bits per heavy atom. The fraction of sp³-hybridized carbons (Fsp3) is 1.00. The van der Waals surface area contributed by atoms with E-state index in [4.69, 9.17) is 61.3 Å². The van der Waals surface area contributed by atoms with Crippen LogP contribution in [-0.4, -0.2) is 241 Å². The van der Waals surface area contributed by atoms with E-state index in [0.717, 1.165) is 0 Å². The van der Waals surface area contributed by atoms with Gasteiger partial charge in [0.2, 0.25) is 0 Å². The number of hydrogen-bond acceptors (Lipinski definition) is 12. The Kier molecular flexibility index (Phi) is 1200. The normalized spacial score (nSPS) is 4.80. The van der Waals surface area contributed by atoms with Gasteiger partial charge >= 0.3 is 161 Å². The van der Waals surface area contributed by atoms with E-state index in [0.29, 0.717) is 0 Å². The second kappa shape index (κ2) is 381. The zero-order chi connectivity index (χ0) is 32.5. The van der Waals surface area contributed by atoms with Gasteiger partial charge in [0.1, 0.15) is 0 Å². The van der Waals surface area contributed by atoms with Crippen LogP contribution < -0.4 is 86.1 Å². The Hall–Kier alpha value is 5.46. The van der Waals surface area contributed by atoms with Crippen molar-refractivity contribution in [1.82, 2.24) is 0 Å². The molecule has 0 saturated heterocycles. The minimum absolute atomic E-state index is 0. The molecule has 0 spiro atoms. The van der Waals surface area contributed by atoms with E-state index in [1.165, 1.54) is 0 Å². The molecule has 0 fully saturated rings. The van der Waals surface area contributed by atoms with Gasteiger partial charge in [-0.15, -0.1) is 79.3 Å². The third kappa shape index (κ3) is 3730. The first-order chi connectivity index (χ1) is 17.0. The predicted octanol–water partition coefficient (Wildman–Crippen LogP) is -16.3. The molecule has 45 heavy (non-hydrogen) atoms. The minimum atomic E-state index is 0.